The maximum atomic E-state index is 13.7. The third kappa shape index (κ3) is 3.71. The van der Waals surface area contributed by atoms with Gasteiger partial charge in [0.25, 0.3) is 0 Å². The average Bonchev–Trinajstić information content (AvgIpc) is 2.50. The summed E-state index contributed by atoms with van der Waals surface area (Å²) in [6.45, 7) is 1.34. The third-order valence-electron chi connectivity index (χ3n) is 3.33. The highest BCUT2D eigenvalue weighted by atomic mass is 32.2. The number of aryl methyl sites for hydroxylation is 1. The van der Waals surface area contributed by atoms with Gasteiger partial charge in [0.2, 0.25) is 10.0 Å². The molecular weight excluding hydrogens is 305 g/mol. The fourth-order valence-electron chi connectivity index (χ4n) is 2.07. The lowest BCUT2D eigenvalue weighted by atomic mass is 10.2. The van der Waals surface area contributed by atoms with E-state index in [2.05, 4.69) is 0 Å². The largest absolute Gasteiger partial charge is 0.395 e. The molecule has 0 aliphatic carbocycles. The summed E-state index contributed by atoms with van der Waals surface area (Å²) in [6, 6.07) is 12.9. The van der Waals surface area contributed by atoms with Gasteiger partial charge in [-0.3, -0.25) is 0 Å². The van der Waals surface area contributed by atoms with Crippen LogP contribution < -0.4 is 0 Å². The van der Waals surface area contributed by atoms with Crippen LogP contribution in [0.3, 0.4) is 0 Å². The lowest BCUT2D eigenvalue weighted by Crippen LogP contribution is -2.33. The van der Waals surface area contributed by atoms with Gasteiger partial charge in [-0.25, -0.2) is 12.8 Å². The molecule has 0 bridgehead atoms. The van der Waals surface area contributed by atoms with Crippen molar-refractivity contribution in [3.63, 3.8) is 0 Å². The molecule has 0 heterocycles. The highest BCUT2D eigenvalue weighted by Crippen LogP contribution is 2.20. The Labute approximate surface area is 129 Å². The molecule has 2 aromatic carbocycles. The van der Waals surface area contributed by atoms with Gasteiger partial charge < -0.3 is 5.11 Å². The fraction of sp³-hybridized carbons (Fsp3) is 0.250. The van der Waals surface area contributed by atoms with Gasteiger partial charge in [-0.2, -0.15) is 4.31 Å². The molecule has 0 spiro atoms. The summed E-state index contributed by atoms with van der Waals surface area (Å²) in [7, 11) is -3.87. The second kappa shape index (κ2) is 7.00. The topological polar surface area (TPSA) is 57.6 Å². The molecule has 0 aliphatic heterocycles. The van der Waals surface area contributed by atoms with Crippen LogP contribution in [-0.4, -0.2) is 31.0 Å². The van der Waals surface area contributed by atoms with Crippen LogP contribution >= 0.6 is 0 Å². The van der Waals surface area contributed by atoms with Crippen LogP contribution in [-0.2, 0) is 16.6 Å². The van der Waals surface area contributed by atoms with Gasteiger partial charge in [0.15, 0.2) is 0 Å². The number of hydrogen-bond donors (Lipinski definition) is 1. The van der Waals surface area contributed by atoms with Crippen molar-refractivity contribution >= 4 is 10.0 Å². The van der Waals surface area contributed by atoms with Crippen molar-refractivity contribution in [2.75, 3.05) is 13.2 Å². The van der Waals surface area contributed by atoms with Crippen molar-refractivity contribution in [2.45, 2.75) is 18.4 Å². The second-order valence-electron chi connectivity index (χ2n) is 4.96. The minimum Gasteiger partial charge on any atom is -0.395 e. The number of halogens is 1. The molecule has 6 heteroatoms. The first-order valence-electron chi connectivity index (χ1n) is 6.86. The molecule has 2 rings (SSSR count). The molecule has 0 amide bonds. The Morgan fingerprint density at radius 3 is 2.41 bits per heavy atom. The minimum absolute atomic E-state index is 0.0489. The predicted molar refractivity (Wildman–Crippen MR) is 82.3 cm³/mol. The van der Waals surface area contributed by atoms with Crippen molar-refractivity contribution in [1.29, 1.82) is 0 Å². The molecule has 0 saturated heterocycles. The number of nitrogens with zero attached hydrogens (tertiary/aromatic N) is 1. The van der Waals surface area contributed by atoms with E-state index in [1.165, 1.54) is 12.1 Å². The summed E-state index contributed by atoms with van der Waals surface area (Å²) in [5.74, 6) is -0.565. The number of aliphatic hydroxyl groups is 1. The van der Waals surface area contributed by atoms with E-state index in [0.29, 0.717) is 5.56 Å². The van der Waals surface area contributed by atoms with E-state index < -0.39 is 15.8 Å². The van der Waals surface area contributed by atoms with E-state index in [-0.39, 0.29) is 24.6 Å². The van der Waals surface area contributed by atoms with Crippen LogP contribution in [0.25, 0.3) is 0 Å². The molecule has 1 N–H and O–H groups in total. The maximum absolute atomic E-state index is 13.7. The smallest absolute Gasteiger partial charge is 0.243 e. The Bertz CT molecular complexity index is 732. The minimum atomic E-state index is -3.87. The Morgan fingerprint density at radius 1 is 1.14 bits per heavy atom. The van der Waals surface area contributed by atoms with Crippen LogP contribution in [0.15, 0.2) is 53.4 Å². The molecule has 0 fully saturated rings. The monoisotopic (exact) mass is 323 g/mol. The van der Waals surface area contributed by atoms with E-state index in [0.717, 1.165) is 15.9 Å². The van der Waals surface area contributed by atoms with E-state index >= 15 is 0 Å². The van der Waals surface area contributed by atoms with Crippen molar-refractivity contribution in [3.05, 3.63) is 65.5 Å². The molecule has 4 nitrogen and oxygen atoms in total. The molecule has 0 atom stereocenters. The highest BCUT2D eigenvalue weighted by Gasteiger charge is 2.25. The first-order chi connectivity index (χ1) is 10.4. The third-order valence-corrected chi connectivity index (χ3v) is 5.17. The molecule has 2 aromatic rings. The molecule has 118 valence electrons. The van der Waals surface area contributed by atoms with Crippen molar-refractivity contribution in [2.24, 2.45) is 0 Å². The lowest BCUT2D eigenvalue weighted by molar-refractivity contribution is 0.251. The van der Waals surface area contributed by atoms with Gasteiger partial charge in [-0.1, -0.05) is 36.4 Å². The molecule has 0 aromatic heterocycles. The number of hydrogen-bond acceptors (Lipinski definition) is 3. The van der Waals surface area contributed by atoms with E-state index in [1.807, 2.05) is 18.2 Å². The second-order valence-corrected chi connectivity index (χ2v) is 6.90. The number of sulfonamides is 1. The summed E-state index contributed by atoms with van der Waals surface area (Å²) in [5.41, 5.74) is 1.18. The molecule has 0 aliphatic rings. The summed E-state index contributed by atoms with van der Waals surface area (Å²) in [4.78, 5) is -0.111. The first kappa shape index (κ1) is 16.6. The number of aliphatic hydroxyl groups excluding tert-OH is 1. The molecule has 0 radical (unpaired) electrons. The zero-order valence-corrected chi connectivity index (χ0v) is 13.1. The molecule has 0 saturated carbocycles. The van der Waals surface area contributed by atoms with Crippen LogP contribution in [0.1, 0.15) is 11.1 Å². The van der Waals surface area contributed by atoms with E-state index in [1.54, 1.807) is 19.1 Å². The van der Waals surface area contributed by atoms with Gasteiger partial charge in [0, 0.05) is 13.1 Å². The molecule has 22 heavy (non-hydrogen) atoms. The summed E-state index contributed by atoms with van der Waals surface area (Å²) >= 11 is 0. The standard InChI is InChI=1S/C16H18FNO3S/c1-13-7-8-15(11-16(13)17)22(20,21)18(9-10-19)12-14-5-3-2-4-6-14/h2-8,11,19H,9-10,12H2,1H3. The normalized spacial score (nSPS) is 11.8. The Kier molecular flexibility index (Phi) is 5.28. The van der Waals surface area contributed by atoms with Crippen molar-refractivity contribution in [1.82, 2.24) is 4.31 Å². The van der Waals surface area contributed by atoms with Gasteiger partial charge in [0.05, 0.1) is 11.5 Å². The number of benzene rings is 2. The fourth-order valence-corrected chi connectivity index (χ4v) is 3.50. The zero-order chi connectivity index (χ0) is 16.2. The average molecular weight is 323 g/mol. The van der Waals surface area contributed by atoms with E-state index in [4.69, 9.17) is 5.11 Å². The van der Waals surface area contributed by atoms with Gasteiger partial charge in [0.1, 0.15) is 5.82 Å². The summed E-state index contributed by atoms with van der Waals surface area (Å²) in [5, 5.41) is 9.14. The lowest BCUT2D eigenvalue weighted by Gasteiger charge is -2.21. The van der Waals surface area contributed by atoms with Crippen LogP contribution in [0.2, 0.25) is 0 Å². The van der Waals surface area contributed by atoms with Crippen molar-refractivity contribution < 1.29 is 17.9 Å². The Hall–Kier alpha value is -1.76. The van der Waals surface area contributed by atoms with Gasteiger partial charge in [-0.05, 0) is 30.2 Å². The SMILES string of the molecule is Cc1ccc(S(=O)(=O)N(CCO)Cc2ccccc2)cc1F. The van der Waals surface area contributed by atoms with Crippen LogP contribution in [0.5, 0.6) is 0 Å². The Morgan fingerprint density at radius 2 is 1.82 bits per heavy atom. The quantitative estimate of drug-likeness (QED) is 0.887. The number of rotatable bonds is 6. The van der Waals surface area contributed by atoms with Crippen molar-refractivity contribution in [3.8, 4) is 0 Å². The molecule has 0 unspecified atom stereocenters. The maximum Gasteiger partial charge on any atom is 0.243 e. The predicted octanol–water partition coefficient (Wildman–Crippen LogP) is 2.32. The highest BCUT2D eigenvalue weighted by molar-refractivity contribution is 7.89. The van der Waals surface area contributed by atoms with Crippen LogP contribution in [0, 0.1) is 12.7 Å². The molecular formula is C16H18FNO3S. The summed E-state index contributed by atoms with van der Waals surface area (Å²) in [6.07, 6.45) is 0. The Balaban J connectivity index is 2.35. The summed E-state index contributed by atoms with van der Waals surface area (Å²) < 4.78 is 40.1. The van der Waals surface area contributed by atoms with Gasteiger partial charge in [-0.15, -0.1) is 0 Å². The van der Waals surface area contributed by atoms with Crippen LogP contribution in [0.4, 0.5) is 4.39 Å². The zero-order valence-electron chi connectivity index (χ0n) is 12.2. The first-order valence-corrected chi connectivity index (χ1v) is 8.30. The van der Waals surface area contributed by atoms with Gasteiger partial charge >= 0.3 is 0 Å². The van der Waals surface area contributed by atoms with E-state index in [9.17, 15) is 12.8 Å².